The molecule has 0 N–H and O–H groups in total. The van der Waals surface area contributed by atoms with Crippen LogP contribution in [-0.4, -0.2) is 20.4 Å². The van der Waals surface area contributed by atoms with Crippen molar-refractivity contribution in [3.63, 3.8) is 0 Å². The van der Waals surface area contributed by atoms with E-state index >= 15 is 0 Å². The minimum atomic E-state index is -2.89. The van der Waals surface area contributed by atoms with Crippen molar-refractivity contribution in [1.82, 2.24) is 0 Å². The van der Waals surface area contributed by atoms with Crippen LogP contribution < -0.4 is 0 Å². The lowest BCUT2D eigenvalue weighted by molar-refractivity contribution is 0.592. The van der Waals surface area contributed by atoms with E-state index in [0.717, 1.165) is 22.9 Å². The molecule has 1 aliphatic carbocycles. The molecule has 0 unspecified atom stereocenters. The third kappa shape index (κ3) is 2.61. The first-order chi connectivity index (χ1) is 6.91. The van der Waals surface area contributed by atoms with Gasteiger partial charge in [0.2, 0.25) is 0 Å². The highest BCUT2D eigenvalue weighted by Gasteiger charge is 2.46. The van der Waals surface area contributed by atoms with Crippen LogP contribution in [-0.2, 0) is 15.3 Å². The summed E-state index contributed by atoms with van der Waals surface area (Å²) in [6.45, 7) is 0. The van der Waals surface area contributed by atoms with E-state index in [2.05, 4.69) is 15.9 Å². The van der Waals surface area contributed by atoms with E-state index in [1.807, 2.05) is 24.3 Å². The maximum atomic E-state index is 11.3. The summed E-state index contributed by atoms with van der Waals surface area (Å²) in [4.78, 5) is 0. The smallest absolute Gasteiger partial charge is 0.148 e. The van der Waals surface area contributed by atoms with Gasteiger partial charge in [0.15, 0.2) is 0 Å². The predicted molar refractivity (Wildman–Crippen MR) is 64.8 cm³/mol. The van der Waals surface area contributed by atoms with Gasteiger partial charge in [-0.25, -0.2) is 8.42 Å². The molecule has 0 radical (unpaired) electrons. The third-order valence-corrected chi connectivity index (χ3v) is 4.45. The van der Waals surface area contributed by atoms with Gasteiger partial charge in [0.1, 0.15) is 9.84 Å². The monoisotopic (exact) mass is 288 g/mol. The van der Waals surface area contributed by atoms with E-state index in [0.29, 0.717) is 0 Å². The van der Waals surface area contributed by atoms with E-state index in [4.69, 9.17) is 0 Å². The van der Waals surface area contributed by atoms with Crippen LogP contribution in [0.25, 0.3) is 0 Å². The molecule has 0 aliphatic heterocycles. The molecule has 1 aromatic carbocycles. The lowest BCUT2D eigenvalue weighted by Gasteiger charge is -2.14. The number of hydrogen-bond donors (Lipinski definition) is 0. The van der Waals surface area contributed by atoms with Gasteiger partial charge >= 0.3 is 0 Å². The summed E-state index contributed by atoms with van der Waals surface area (Å²) in [5, 5.41) is 0. The topological polar surface area (TPSA) is 34.1 Å². The van der Waals surface area contributed by atoms with Gasteiger partial charge in [0.05, 0.1) is 5.75 Å². The van der Waals surface area contributed by atoms with Gasteiger partial charge in [-0.1, -0.05) is 28.1 Å². The van der Waals surface area contributed by atoms with Crippen molar-refractivity contribution in [2.75, 3.05) is 12.0 Å². The zero-order chi connectivity index (χ0) is 11.1. The molecule has 82 valence electrons. The molecule has 2 nitrogen and oxygen atoms in total. The second-order valence-corrected chi connectivity index (χ2v) is 7.41. The van der Waals surface area contributed by atoms with E-state index in [-0.39, 0.29) is 11.2 Å². The number of hydrogen-bond acceptors (Lipinski definition) is 2. The van der Waals surface area contributed by atoms with Gasteiger partial charge in [-0.05, 0) is 30.5 Å². The van der Waals surface area contributed by atoms with E-state index in [1.165, 1.54) is 6.26 Å². The molecular formula is C11H13BrO2S. The molecule has 0 atom stereocenters. The first-order valence-corrected chi connectivity index (χ1v) is 7.70. The Kier molecular flexibility index (Phi) is 2.67. The van der Waals surface area contributed by atoms with Crippen LogP contribution in [0.3, 0.4) is 0 Å². The minimum Gasteiger partial charge on any atom is -0.229 e. The van der Waals surface area contributed by atoms with E-state index in [9.17, 15) is 8.42 Å². The van der Waals surface area contributed by atoms with Crippen LogP contribution in [0.1, 0.15) is 18.4 Å². The standard InChI is InChI=1S/C11H13BrO2S/c1-15(13,14)8-11(6-7-11)9-2-4-10(12)5-3-9/h2-5H,6-8H2,1H3. The molecule has 0 spiro atoms. The number of rotatable bonds is 3. The first-order valence-electron chi connectivity index (χ1n) is 4.85. The van der Waals surface area contributed by atoms with Gasteiger partial charge in [0, 0.05) is 16.1 Å². The van der Waals surface area contributed by atoms with Crippen molar-refractivity contribution in [3.8, 4) is 0 Å². The molecule has 0 bridgehead atoms. The maximum absolute atomic E-state index is 11.3. The van der Waals surface area contributed by atoms with Crippen LogP contribution in [0.5, 0.6) is 0 Å². The number of halogens is 1. The highest BCUT2D eigenvalue weighted by atomic mass is 79.9. The van der Waals surface area contributed by atoms with Gasteiger partial charge in [-0.2, -0.15) is 0 Å². The Labute approximate surface area is 98.7 Å². The molecule has 2 rings (SSSR count). The van der Waals surface area contributed by atoms with Crippen LogP contribution in [0, 0.1) is 0 Å². The Balaban J connectivity index is 2.27. The molecule has 0 saturated heterocycles. The Hall–Kier alpha value is -0.350. The Morgan fingerprint density at radius 1 is 1.27 bits per heavy atom. The van der Waals surface area contributed by atoms with Gasteiger partial charge in [-0.3, -0.25) is 0 Å². The van der Waals surface area contributed by atoms with Crippen molar-refractivity contribution in [1.29, 1.82) is 0 Å². The summed E-state index contributed by atoms with van der Waals surface area (Å²) < 4.78 is 23.7. The average molecular weight is 289 g/mol. The van der Waals surface area contributed by atoms with E-state index in [1.54, 1.807) is 0 Å². The van der Waals surface area contributed by atoms with E-state index < -0.39 is 9.84 Å². The fraction of sp³-hybridized carbons (Fsp3) is 0.455. The zero-order valence-electron chi connectivity index (χ0n) is 8.53. The highest BCUT2D eigenvalue weighted by Crippen LogP contribution is 2.49. The molecular weight excluding hydrogens is 276 g/mol. The lowest BCUT2D eigenvalue weighted by Crippen LogP contribution is -2.19. The highest BCUT2D eigenvalue weighted by molar-refractivity contribution is 9.10. The van der Waals surface area contributed by atoms with Crippen LogP contribution >= 0.6 is 15.9 Å². The number of benzene rings is 1. The summed E-state index contributed by atoms with van der Waals surface area (Å²) in [5.74, 6) is 0.279. The van der Waals surface area contributed by atoms with Crippen molar-refractivity contribution >= 4 is 25.8 Å². The number of sulfone groups is 1. The van der Waals surface area contributed by atoms with Gasteiger partial charge in [-0.15, -0.1) is 0 Å². The molecule has 0 heterocycles. The molecule has 1 aliphatic rings. The summed E-state index contributed by atoms with van der Waals surface area (Å²) in [6, 6.07) is 7.97. The first kappa shape index (κ1) is 11.1. The largest absolute Gasteiger partial charge is 0.229 e. The van der Waals surface area contributed by atoms with Crippen LogP contribution in [0.4, 0.5) is 0 Å². The van der Waals surface area contributed by atoms with Gasteiger partial charge in [0.25, 0.3) is 0 Å². The second-order valence-electron chi connectivity index (χ2n) is 4.36. The Bertz CT molecular complexity index is 458. The lowest BCUT2D eigenvalue weighted by atomic mass is 9.99. The summed E-state index contributed by atoms with van der Waals surface area (Å²) in [6.07, 6.45) is 3.29. The van der Waals surface area contributed by atoms with Crippen LogP contribution in [0.15, 0.2) is 28.7 Å². The molecule has 1 saturated carbocycles. The summed E-state index contributed by atoms with van der Waals surface area (Å²) >= 11 is 3.38. The molecule has 1 fully saturated rings. The predicted octanol–water partition coefficient (Wildman–Crippen LogP) is 2.53. The second kappa shape index (κ2) is 3.59. The van der Waals surface area contributed by atoms with Crippen molar-refractivity contribution in [2.45, 2.75) is 18.3 Å². The molecule has 4 heteroatoms. The molecule has 1 aromatic rings. The normalized spacial score (nSPS) is 18.8. The molecule has 0 amide bonds. The fourth-order valence-electron chi connectivity index (χ4n) is 1.97. The Morgan fingerprint density at radius 3 is 2.20 bits per heavy atom. The molecule has 0 aromatic heterocycles. The summed E-state index contributed by atoms with van der Waals surface area (Å²) in [7, 11) is -2.89. The van der Waals surface area contributed by atoms with Gasteiger partial charge < -0.3 is 0 Å². The van der Waals surface area contributed by atoms with Crippen LogP contribution in [0.2, 0.25) is 0 Å². The zero-order valence-corrected chi connectivity index (χ0v) is 10.9. The quantitative estimate of drug-likeness (QED) is 0.857. The maximum Gasteiger partial charge on any atom is 0.148 e. The minimum absolute atomic E-state index is 0.0890. The van der Waals surface area contributed by atoms with Crippen molar-refractivity contribution < 1.29 is 8.42 Å². The van der Waals surface area contributed by atoms with Crippen molar-refractivity contribution in [2.24, 2.45) is 0 Å². The molecule has 15 heavy (non-hydrogen) atoms. The Morgan fingerprint density at radius 2 is 1.80 bits per heavy atom. The summed E-state index contributed by atoms with van der Waals surface area (Å²) in [5.41, 5.74) is 1.06. The average Bonchev–Trinajstić information content (AvgIpc) is 2.83. The fourth-order valence-corrected chi connectivity index (χ4v) is 3.70. The third-order valence-electron chi connectivity index (χ3n) is 2.85. The van der Waals surface area contributed by atoms with Crippen molar-refractivity contribution in [3.05, 3.63) is 34.3 Å². The SMILES string of the molecule is CS(=O)(=O)CC1(c2ccc(Br)cc2)CC1.